The molecule has 3 N–H and O–H groups in total. The van der Waals surface area contributed by atoms with E-state index in [2.05, 4.69) is 25.7 Å². The van der Waals surface area contributed by atoms with Gasteiger partial charge in [-0.1, -0.05) is 74.5 Å². The van der Waals surface area contributed by atoms with Gasteiger partial charge in [0, 0.05) is 19.2 Å². The molecular weight excluding hydrogens is 589 g/mol. The van der Waals surface area contributed by atoms with E-state index in [-0.39, 0.29) is 24.7 Å². The number of rotatable bonds is 15. The molecule has 12 heteroatoms. The monoisotopic (exact) mass is 626 g/mol. The number of benzene rings is 2. The first-order chi connectivity index (χ1) is 21.4. The Labute approximate surface area is 260 Å². The third-order valence-corrected chi connectivity index (χ3v) is 6.71. The van der Waals surface area contributed by atoms with E-state index in [4.69, 9.17) is 0 Å². The van der Waals surface area contributed by atoms with Gasteiger partial charge in [-0.15, -0.1) is 0 Å². The van der Waals surface area contributed by atoms with Crippen molar-refractivity contribution in [3.8, 4) is 11.1 Å². The highest BCUT2D eigenvalue weighted by atomic mass is 19.4. The molecule has 240 valence electrons. The van der Waals surface area contributed by atoms with Gasteiger partial charge < -0.3 is 20.7 Å². The van der Waals surface area contributed by atoms with Crippen LogP contribution in [-0.4, -0.2) is 47.5 Å². The van der Waals surface area contributed by atoms with Crippen LogP contribution in [-0.2, 0) is 23.9 Å². The Morgan fingerprint density at radius 2 is 1.51 bits per heavy atom. The third-order valence-electron chi connectivity index (χ3n) is 6.71. The topological polar surface area (TPSA) is 126 Å². The summed E-state index contributed by atoms with van der Waals surface area (Å²) in [6.07, 6.45) is -2.75. The lowest BCUT2D eigenvalue weighted by atomic mass is 9.97. The molecule has 2 aromatic carbocycles. The maximum atomic E-state index is 13.4. The Morgan fingerprint density at radius 3 is 2.13 bits per heavy atom. The van der Waals surface area contributed by atoms with Crippen LogP contribution in [0, 0.1) is 5.92 Å². The number of halogens is 3. The molecular formula is C33H37F3N4O5. The number of nitrogens with one attached hydrogen (secondary N) is 3. The van der Waals surface area contributed by atoms with Crippen LogP contribution in [0.5, 0.6) is 0 Å². The molecule has 45 heavy (non-hydrogen) atoms. The van der Waals surface area contributed by atoms with Gasteiger partial charge in [0.15, 0.2) is 0 Å². The third kappa shape index (κ3) is 12.0. The molecule has 1 unspecified atom stereocenters. The number of pyridine rings is 1. The Morgan fingerprint density at radius 1 is 0.844 bits per heavy atom. The molecule has 0 saturated carbocycles. The van der Waals surface area contributed by atoms with E-state index in [0.29, 0.717) is 24.9 Å². The van der Waals surface area contributed by atoms with E-state index in [1.165, 1.54) is 0 Å². The number of amides is 2. The van der Waals surface area contributed by atoms with Gasteiger partial charge in [0.05, 0.1) is 12.5 Å². The van der Waals surface area contributed by atoms with Gasteiger partial charge in [-0.3, -0.25) is 14.4 Å². The molecule has 0 aliphatic heterocycles. The fourth-order valence-corrected chi connectivity index (χ4v) is 4.50. The van der Waals surface area contributed by atoms with Crippen molar-refractivity contribution >= 4 is 29.6 Å². The predicted octanol–water partition coefficient (Wildman–Crippen LogP) is 5.74. The number of anilines is 1. The number of hydrogen-bond donors (Lipinski definition) is 3. The molecule has 0 spiro atoms. The number of esters is 2. The van der Waals surface area contributed by atoms with Gasteiger partial charge >= 0.3 is 18.1 Å². The summed E-state index contributed by atoms with van der Waals surface area (Å²) < 4.78 is 42.1. The minimum absolute atomic E-state index is 0.00148. The summed E-state index contributed by atoms with van der Waals surface area (Å²) in [5, 5.41) is 8.58. The molecule has 2 amide bonds. The van der Waals surface area contributed by atoms with Crippen molar-refractivity contribution < 1.29 is 37.1 Å². The van der Waals surface area contributed by atoms with Crippen molar-refractivity contribution in [2.24, 2.45) is 5.92 Å². The summed E-state index contributed by atoms with van der Waals surface area (Å²) in [4.78, 5) is 54.0. The molecule has 0 fully saturated rings. The highest BCUT2D eigenvalue weighted by Crippen LogP contribution is 2.25. The van der Waals surface area contributed by atoms with Gasteiger partial charge in [-0.05, 0) is 54.0 Å². The maximum absolute atomic E-state index is 13.4. The molecule has 1 aromatic heterocycles. The average molecular weight is 627 g/mol. The number of alkyl halides is 3. The van der Waals surface area contributed by atoms with Gasteiger partial charge in [0.25, 0.3) is 0 Å². The van der Waals surface area contributed by atoms with Crippen molar-refractivity contribution in [3.63, 3.8) is 0 Å². The number of aromatic nitrogens is 1. The number of carbonyl (C=O) groups is 4. The zero-order chi connectivity index (χ0) is 32.8. The van der Waals surface area contributed by atoms with Crippen LogP contribution in [0.2, 0.25) is 0 Å². The van der Waals surface area contributed by atoms with E-state index in [9.17, 15) is 32.3 Å². The van der Waals surface area contributed by atoms with Crippen molar-refractivity contribution in [1.82, 2.24) is 15.6 Å². The number of carbonyl (C=O) groups excluding carboxylic acids is 4. The van der Waals surface area contributed by atoms with Gasteiger partial charge in [-0.2, -0.15) is 13.2 Å². The van der Waals surface area contributed by atoms with Crippen molar-refractivity contribution in [2.75, 3.05) is 11.9 Å². The first-order valence-electron chi connectivity index (χ1n) is 14.6. The summed E-state index contributed by atoms with van der Waals surface area (Å²) >= 11 is 0. The fraction of sp³-hybridized carbons (Fsp3) is 0.364. The molecule has 3 aromatic rings. The largest absolute Gasteiger partial charge is 0.491 e. The van der Waals surface area contributed by atoms with Crippen LogP contribution < -0.4 is 16.0 Å². The molecule has 0 aliphatic carbocycles. The number of ether oxygens (including phenoxy) is 1. The summed E-state index contributed by atoms with van der Waals surface area (Å²) in [6.45, 7) is 4.35. The molecule has 0 bridgehead atoms. The Balaban J connectivity index is 1.68. The van der Waals surface area contributed by atoms with Crippen LogP contribution in [0.25, 0.3) is 11.1 Å². The highest BCUT2D eigenvalue weighted by Gasteiger charge is 2.42. The van der Waals surface area contributed by atoms with Crippen LogP contribution in [0.1, 0.15) is 57.6 Å². The second kappa shape index (κ2) is 16.9. The number of hydrogen-bond acceptors (Lipinski definition) is 7. The zero-order valence-electron chi connectivity index (χ0n) is 25.1. The second-order valence-corrected chi connectivity index (χ2v) is 10.9. The van der Waals surface area contributed by atoms with Gasteiger partial charge in [0.1, 0.15) is 11.9 Å². The first-order valence-corrected chi connectivity index (χ1v) is 14.6. The van der Waals surface area contributed by atoms with Crippen molar-refractivity contribution in [2.45, 2.75) is 64.2 Å². The van der Waals surface area contributed by atoms with Crippen molar-refractivity contribution in [3.05, 3.63) is 84.6 Å². The quantitative estimate of drug-likeness (QED) is 0.112. The molecule has 0 radical (unpaired) electrons. The second-order valence-electron chi connectivity index (χ2n) is 10.9. The first kappa shape index (κ1) is 34.7. The summed E-state index contributed by atoms with van der Waals surface area (Å²) in [6, 6.07) is 19.5. The van der Waals surface area contributed by atoms with Crippen molar-refractivity contribution in [1.29, 1.82) is 0 Å². The lowest BCUT2D eigenvalue weighted by Crippen LogP contribution is -2.48. The zero-order valence-corrected chi connectivity index (χ0v) is 25.1. The molecule has 1 heterocycles. The summed E-state index contributed by atoms with van der Waals surface area (Å²) in [5.41, 5.74) is 2.14. The Kier molecular flexibility index (Phi) is 13.1. The number of nitrogens with zero attached hydrogens (tertiary/aromatic N) is 1. The van der Waals surface area contributed by atoms with Gasteiger partial charge in [0.2, 0.25) is 11.8 Å². The summed E-state index contributed by atoms with van der Waals surface area (Å²) in [7, 11) is 0. The molecule has 0 saturated heterocycles. The smallest absolute Gasteiger partial charge is 0.386 e. The van der Waals surface area contributed by atoms with Crippen LogP contribution in [0.4, 0.5) is 19.0 Å². The SMILES string of the molecule is CC(C)C[C@@H](NC(=O)CCCCNc1ccccn1)C(=O)NC(CC(=O)OC(=O)C(F)(F)F)c1ccc(-c2ccccc2)cc1. The molecule has 2 atom stereocenters. The average Bonchev–Trinajstić information content (AvgIpc) is 3.00. The van der Waals surface area contributed by atoms with E-state index >= 15 is 0 Å². The Bertz CT molecular complexity index is 1400. The lowest BCUT2D eigenvalue weighted by Gasteiger charge is -2.25. The molecule has 0 aliphatic rings. The minimum atomic E-state index is -5.35. The summed E-state index contributed by atoms with van der Waals surface area (Å²) in [5.74, 6) is -4.34. The van der Waals surface area contributed by atoms with E-state index in [0.717, 1.165) is 16.9 Å². The molecule has 9 nitrogen and oxygen atoms in total. The van der Waals surface area contributed by atoms with Gasteiger partial charge in [-0.25, -0.2) is 9.78 Å². The van der Waals surface area contributed by atoms with E-state index in [1.807, 2.05) is 62.4 Å². The predicted molar refractivity (Wildman–Crippen MR) is 162 cm³/mol. The van der Waals surface area contributed by atoms with E-state index < -0.39 is 42.5 Å². The Hall–Kier alpha value is -4.74. The minimum Gasteiger partial charge on any atom is -0.386 e. The normalized spacial score (nSPS) is 12.6. The lowest BCUT2D eigenvalue weighted by molar-refractivity contribution is -0.202. The standard InChI is InChI=1S/C33H37F3N4O5/c1-22(2)20-27(39-29(41)13-7-9-19-38-28-12-6-8-18-37-28)31(43)40-26(21-30(42)45-32(44)33(34,35)36)25-16-14-24(15-17-25)23-10-4-3-5-11-23/h3-6,8,10-12,14-18,22,26-27H,7,9,13,19-21H2,1-2H3,(H,37,38)(H,39,41)(H,40,43)/t26?,27-/m1/s1. The van der Waals surface area contributed by atoms with Crippen LogP contribution >= 0.6 is 0 Å². The van der Waals surface area contributed by atoms with Crippen LogP contribution in [0.3, 0.4) is 0 Å². The molecule has 3 rings (SSSR count). The van der Waals surface area contributed by atoms with E-state index in [1.54, 1.807) is 30.5 Å². The highest BCUT2D eigenvalue weighted by molar-refractivity contribution is 5.90. The number of unbranched alkanes of at least 4 members (excludes halogenated alkanes) is 1. The maximum Gasteiger partial charge on any atom is 0.491 e. The van der Waals surface area contributed by atoms with Crippen LogP contribution in [0.15, 0.2) is 79.0 Å². The fourth-order valence-electron chi connectivity index (χ4n) is 4.50.